The van der Waals surface area contributed by atoms with Crippen molar-refractivity contribution < 1.29 is 13.3 Å². The van der Waals surface area contributed by atoms with Crippen LogP contribution in [0.5, 0.6) is 0 Å². The van der Waals surface area contributed by atoms with Gasteiger partial charge in [-0.15, -0.1) is 0 Å². The lowest BCUT2D eigenvalue weighted by Crippen LogP contribution is -2.43. The molecule has 18 heavy (non-hydrogen) atoms. The molecule has 0 radical (unpaired) electrons. The fourth-order valence-electron chi connectivity index (χ4n) is 1.80. The predicted octanol–water partition coefficient (Wildman–Crippen LogP) is 1.36. The predicted molar refractivity (Wildman–Crippen MR) is 76.6 cm³/mol. The molecule has 0 rings (SSSR count). The summed E-state index contributed by atoms with van der Waals surface area (Å²) in [6.45, 7) is 4.12. The molecule has 1 atom stereocenters. The first-order valence-electron chi connectivity index (χ1n) is 6.75. The van der Waals surface area contributed by atoms with Crippen LogP contribution in [-0.4, -0.2) is 49.3 Å². The minimum absolute atomic E-state index is 0.349. The third kappa shape index (κ3) is 7.45. The summed E-state index contributed by atoms with van der Waals surface area (Å²) < 4.78 is 16.1. The van der Waals surface area contributed by atoms with Gasteiger partial charge in [-0.05, 0) is 38.8 Å². The Balaban J connectivity index is 3.49. The molecular formula is C12H30N2O3Si. The van der Waals surface area contributed by atoms with Crippen LogP contribution in [0.1, 0.15) is 32.6 Å². The first-order valence-corrected chi connectivity index (χ1v) is 8.69. The van der Waals surface area contributed by atoms with Crippen LogP contribution >= 0.6 is 0 Å². The highest BCUT2D eigenvalue weighted by molar-refractivity contribution is 6.60. The Kier molecular flexibility index (Phi) is 10.9. The maximum atomic E-state index is 5.85. The van der Waals surface area contributed by atoms with Crippen molar-refractivity contribution in [3.8, 4) is 0 Å². The van der Waals surface area contributed by atoms with Crippen LogP contribution in [0.25, 0.3) is 0 Å². The van der Waals surface area contributed by atoms with Gasteiger partial charge in [0.1, 0.15) is 0 Å². The normalized spacial score (nSPS) is 13.8. The third-order valence-electron chi connectivity index (χ3n) is 3.22. The Hall–Kier alpha value is 0.0169. The average molecular weight is 278 g/mol. The van der Waals surface area contributed by atoms with Crippen molar-refractivity contribution in [2.45, 2.75) is 44.7 Å². The number of nitrogens with one attached hydrogen (secondary N) is 1. The zero-order chi connectivity index (χ0) is 13.9. The van der Waals surface area contributed by atoms with E-state index < -0.39 is 8.80 Å². The minimum atomic E-state index is -2.37. The molecule has 5 nitrogen and oxygen atoms in total. The molecule has 6 heteroatoms. The van der Waals surface area contributed by atoms with Gasteiger partial charge in [-0.1, -0.05) is 6.92 Å². The van der Waals surface area contributed by atoms with Crippen LogP contribution in [0.2, 0.25) is 6.04 Å². The first-order chi connectivity index (χ1) is 8.64. The summed E-state index contributed by atoms with van der Waals surface area (Å²) in [5, 5.41) is 3.41. The van der Waals surface area contributed by atoms with E-state index in [-0.39, 0.29) is 0 Å². The van der Waals surface area contributed by atoms with E-state index >= 15 is 0 Å². The number of nitrogens with two attached hydrogens (primary N) is 1. The molecule has 0 bridgehead atoms. The van der Waals surface area contributed by atoms with Crippen LogP contribution < -0.4 is 11.1 Å². The zero-order valence-corrected chi connectivity index (χ0v) is 13.3. The zero-order valence-electron chi connectivity index (χ0n) is 12.3. The summed E-state index contributed by atoms with van der Waals surface area (Å²) in [5.74, 6) is 0. The van der Waals surface area contributed by atoms with Gasteiger partial charge in [0.05, 0.1) is 0 Å². The lowest BCUT2D eigenvalue weighted by molar-refractivity contribution is 0.123. The third-order valence-corrected chi connectivity index (χ3v) is 6.05. The van der Waals surface area contributed by atoms with Gasteiger partial charge >= 0.3 is 8.80 Å². The second-order valence-corrected chi connectivity index (χ2v) is 7.55. The highest BCUT2D eigenvalue weighted by Gasteiger charge is 2.36. The monoisotopic (exact) mass is 278 g/mol. The quantitative estimate of drug-likeness (QED) is 0.417. The van der Waals surface area contributed by atoms with Gasteiger partial charge in [0.25, 0.3) is 0 Å². The van der Waals surface area contributed by atoms with Crippen LogP contribution in [0.3, 0.4) is 0 Å². The van der Waals surface area contributed by atoms with E-state index in [1.807, 2.05) is 0 Å². The van der Waals surface area contributed by atoms with Gasteiger partial charge in [-0.2, -0.15) is 0 Å². The van der Waals surface area contributed by atoms with Gasteiger partial charge in [0.2, 0.25) is 0 Å². The van der Waals surface area contributed by atoms with Crippen molar-refractivity contribution in [2.75, 3.05) is 34.4 Å². The van der Waals surface area contributed by atoms with Crippen molar-refractivity contribution in [2.24, 2.45) is 5.73 Å². The molecule has 0 aliphatic rings. The highest BCUT2D eigenvalue weighted by Crippen LogP contribution is 2.14. The maximum absolute atomic E-state index is 5.85. The van der Waals surface area contributed by atoms with Crippen LogP contribution in [0.4, 0.5) is 0 Å². The molecule has 0 aromatic heterocycles. The Morgan fingerprint density at radius 3 is 2.11 bits per heavy atom. The van der Waals surface area contributed by atoms with E-state index in [1.54, 1.807) is 21.3 Å². The molecule has 0 aromatic carbocycles. The van der Waals surface area contributed by atoms with E-state index in [9.17, 15) is 0 Å². The number of hydrogen-bond donors (Lipinski definition) is 2. The molecule has 0 amide bonds. The highest BCUT2D eigenvalue weighted by atomic mass is 28.4. The second kappa shape index (κ2) is 10.9. The molecule has 110 valence electrons. The summed E-state index contributed by atoms with van der Waals surface area (Å²) in [4.78, 5) is 0. The van der Waals surface area contributed by atoms with Crippen molar-refractivity contribution >= 4 is 8.80 Å². The van der Waals surface area contributed by atoms with E-state index in [0.717, 1.165) is 44.8 Å². The summed E-state index contributed by atoms with van der Waals surface area (Å²) >= 11 is 0. The fourth-order valence-corrected chi connectivity index (χ4v) is 3.53. The molecule has 0 aliphatic carbocycles. The Labute approximate surface area is 113 Å². The molecule has 0 aromatic rings. The summed E-state index contributed by atoms with van der Waals surface area (Å²) in [6, 6.07) is 1.19. The summed E-state index contributed by atoms with van der Waals surface area (Å²) in [5.41, 5.74) is 5.85. The Bertz CT molecular complexity index is 184. The van der Waals surface area contributed by atoms with Gasteiger partial charge in [-0.3, -0.25) is 0 Å². The molecule has 1 unspecified atom stereocenters. The largest absolute Gasteiger partial charge is 0.500 e. The molecule has 0 fully saturated rings. The summed E-state index contributed by atoms with van der Waals surface area (Å²) in [7, 11) is 2.59. The van der Waals surface area contributed by atoms with E-state index in [4.69, 9.17) is 19.0 Å². The van der Waals surface area contributed by atoms with Gasteiger partial charge in [-0.25, -0.2) is 0 Å². The minimum Gasteiger partial charge on any atom is -0.377 e. The van der Waals surface area contributed by atoms with Crippen LogP contribution in [0.15, 0.2) is 0 Å². The van der Waals surface area contributed by atoms with Gasteiger partial charge in [0, 0.05) is 33.4 Å². The SMILES string of the molecule is CCC(N)CCCNCCC[Si](OC)(OC)OC. The average Bonchev–Trinajstić information content (AvgIpc) is 2.42. The van der Waals surface area contributed by atoms with Crippen molar-refractivity contribution in [3.63, 3.8) is 0 Å². The fraction of sp³-hybridized carbons (Fsp3) is 1.00. The van der Waals surface area contributed by atoms with Gasteiger partial charge < -0.3 is 24.3 Å². The van der Waals surface area contributed by atoms with E-state index in [2.05, 4.69) is 12.2 Å². The number of rotatable bonds is 12. The standard InChI is InChI=1S/C12H30N2O3Si/c1-5-12(13)8-6-9-14-10-7-11-18(15-2,16-3)17-4/h12,14H,5-11,13H2,1-4H3. The second-order valence-electron chi connectivity index (χ2n) is 4.46. The van der Waals surface area contributed by atoms with Crippen molar-refractivity contribution in [3.05, 3.63) is 0 Å². The Morgan fingerprint density at radius 1 is 1.06 bits per heavy atom. The van der Waals surface area contributed by atoms with Crippen molar-refractivity contribution in [1.29, 1.82) is 0 Å². The molecule has 0 heterocycles. The molecular weight excluding hydrogens is 248 g/mol. The first kappa shape index (κ1) is 18.0. The number of hydrogen-bond acceptors (Lipinski definition) is 5. The van der Waals surface area contributed by atoms with Crippen LogP contribution in [0, 0.1) is 0 Å². The molecule has 3 N–H and O–H groups in total. The lowest BCUT2D eigenvalue weighted by Gasteiger charge is -2.24. The molecule has 0 aliphatic heterocycles. The van der Waals surface area contributed by atoms with E-state index in [0.29, 0.717) is 6.04 Å². The smallest absolute Gasteiger partial charge is 0.377 e. The lowest BCUT2D eigenvalue weighted by atomic mass is 10.1. The molecule has 0 spiro atoms. The Morgan fingerprint density at radius 2 is 1.61 bits per heavy atom. The van der Waals surface area contributed by atoms with E-state index in [1.165, 1.54) is 0 Å². The topological polar surface area (TPSA) is 65.7 Å². The van der Waals surface area contributed by atoms with Crippen molar-refractivity contribution in [1.82, 2.24) is 5.32 Å². The summed E-state index contributed by atoms with van der Waals surface area (Å²) in [6.07, 6.45) is 4.29. The van der Waals surface area contributed by atoms with Gasteiger partial charge in [0.15, 0.2) is 0 Å². The van der Waals surface area contributed by atoms with Crippen LogP contribution in [-0.2, 0) is 13.3 Å². The maximum Gasteiger partial charge on any atom is 0.500 e. The molecule has 0 saturated heterocycles. The molecule has 0 saturated carbocycles.